The van der Waals surface area contributed by atoms with Crippen LogP contribution in [0.25, 0.3) is 0 Å². The van der Waals surface area contributed by atoms with Crippen LogP contribution in [0.15, 0.2) is 33.5 Å². The Morgan fingerprint density at radius 3 is 2.84 bits per heavy atom. The van der Waals surface area contributed by atoms with E-state index in [1.165, 1.54) is 35.2 Å². The van der Waals surface area contributed by atoms with Gasteiger partial charge in [-0.05, 0) is 37.1 Å². The summed E-state index contributed by atoms with van der Waals surface area (Å²) >= 11 is 8.61. The zero-order chi connectivity index (χ0) is 17.7. The third kappa shape index (κ3) is 5.55. The third-order valence-electron chi connectivity index (χ3n) is 3.66. The Kier molecular flexibility index (Phi) is 6.56. The van der Waals surface area contributed by atoms with Crippen molar-refractivity contribution in [2.24, 2.45) is 0 Å². The number of benzene rings is 1. The van der Waals surface area contributed by atoms with Crippen molar-refractivity contribution in [3.8, 4) is 0 Å². The van der Waals surface area contributed by atoms with Gasteiger partial charge in [-0.2, -0.15) is 0 Å². The van der Waals surface area contributed by atoms with E-state index in [4.69, 9.17) is 16.3 Å². The smallest absolute Gasteiger partial charge is 0.206 e. The van der Waals surface area contributed by atoms with Crippen LogP contribution in [0.2, 0.25) is 5.02 Å². The Bertz CT molecular complexity index is 790. The van der Waals surface area contributed by atoms with Gasteiger partial charge in [0, 0.05) is 23.9 Å². The number of hydrogen-bond acceptors (Lipinski definition) is 8. The molecule has 0 radical (unpaired) electrons. The van der Waals surface area contributed by atoms with Gasteiger partial charge in [0.25, 0.3) is 0 Å². The SMILES string of the molecule is O=S(=O)(CCSc1nnc(NCC2CCCO2)s1)c1ccc(Cl)cc1. The van der Waals surface area contributed by atoms with Crippen molar-refractivity contribution < 1.29 is 13.2 Å². The lowest BCUT2D eigenvalue weighted by Crippen LogP contribution is -2.18. The molecule has 1 N–H and O–H groups in total. The molecule has 1 atom stereocenters. The predicted molar refractivity (Wildman–Crippen MR) is 102 cm³/mol. The molecular weight excluding hydrogens is 402 g/mol. The molecule has 1 fully saturated rings. The van der Waals surface area contributed by atoms with E-state index in [1.54, 1.807) is 12.1 Å². The van der Waals surface area contributed by atoms with Gasteiger partial charge in [0.2, 0.25) is 5.13 Å². The number of aromatic nitrogens is 2. The maximum Gasteiger partial charge on any atom is 0.206 e. The number of sulfone groups is 1. The van der Waals surface area contributed by atoms with Crippen molar-refractivity contribution in [2.75, 3.05) is 30.0 Å². The van der Waals surface area contributed by atoms with Crippen molar-refractivity contribution in [3.63, 3.8) is 0 Å². The Balaban J connectivity index is 1.46. The van der Waals surface area contributed by atoms with Gasteiger partial charge < -0.3 is 10.1 Å². The van der Waals surface area contributed by atoms with Crippen molar-refractivity contribution in [2.45, 2.75) is 28.2 Å². The first-order valence-electron chi connectivity index (χ1n) is 7.83. The van der Waals surface area contributed by atoms with Gasteiger partial charge in [-0.3, -0.25) is 0 Å². The van der Waals surface area contributed by atoms with Gasteiger partial charge in [0.15, 0.2) is 14.2 Å². The summed E-state index contributed by atoms with van der Waals surface area (Å²) in [5.74, 6) is 0.461. The van der Waals surface area contributed by atoms with E-state index in [0.29, 0.717) is 10.8 Å². The van der Waals surface area contributed by atoms with E-state index < -0.39 is 9.84 Å². The fourth-order valence-corrected chi connectivity index (χ4v) is 5.95. The lowest BCUT2D eigenvalue weighted by atomic mass is 10.2. The van der Waals surface area contributed by atoms with E-state index in [9.17, 15) is 8.42 Å². The standard InChI is InChI=1S/C15H18ClN3O3S3/c16-11-3-5-13(6-4-11)25(20,21)9-8-23-15-19-18-14(24-15)17-10-12-2-1-7-22-12/h3-6,12H,1-2,7-10H2,(H,17,18). The van der Waals surface area contributed by atoms with Crippen molar-refractivity contribution in [1.82, 2.24) is 10.2 Å². The molecule has 1 aliphatic heterocycles. The number of hydrogen-bond donors (Lipinski definition) is 1. The highest BCUT2D eigenvalue weighted by Gasteiger charge is 2.17. The van der Waals surface area contributed by atoms with Gasteiger partial charge in [-0.1, -0.05) is 34.7 Å². The molecule has 10 heteroatoms. The number of nitrogens with zero attached hydrogens (tertiary/aromatic N) is 2. The minimum atomic E-state index is -3.32. The zero-order valence-corrected chi connectivity index (χ0v) is 16.6. The Labute approximate surface area is 160 Å². The van der Waals surface area contributed by atoms with Crippen LogP contribution >= 0.6 is 34.7 Å². The average molecular weight is 420 g/mol. The highest BCUT2D eigenvalue weighted by atomic mass is 35.5. The second-order valence-corrected chi connectivity index (χ2v) is 10.4. The normalized spacial score (nSPS) is 17.7. The van der Waals surface area contributed by atoms with Crippen molar-refractivity contribution >= 4 is 49.7 Å². The van der Waals surface area contributed by atoms with Gasteiger partial charge in [0.1, 0.15) is 0 Å². The quantitative estimate of drug-likeness (QED) is 0.657. The summed E-state index contributed by atoms with van der Waals surface area (Å²) in [6, 6.07) is 6.22. The zero-order valence-electron chi connectivity index (χ0n) is 13.4. The minimum Gasteiger partial charge on any atom is -0.376 e. The summed E-state index contributed by atoms with van der Waals surface area (Å²) in [7, 11) is -3.32. The molecule has 3 rings (SSSR count). The fourth-order valence-electron chi connectivity index (χ4n) is 2.34. The van der Waals surface area contributed by atoms with E-state index in [-0.39, 0.29) is 16.8 Å². The van der Waals surface area contributed by atoms with Crippen LogP contribution in [-0.4, -0.2) is 49.4 Å². The number of ether oxygens (including phenoxy) is 1. The van der Waals surface area contributed by atoms with Crippen LogP contribution < -0.4 is 5.32 Å². The lowest BCUT2D eigenvalue weighted by Gasteiger charge is -2.08. The molecule has 0 amide bonds. The summed E-state index contributed by atoms with van der Waals surface area (Å²) in [4.78, 5) is 0.286. The molecule has 1 aromatic carbocycles. The van der Waals surface area contributed by atoms with E-state index >= 15 is 0 Å². The number of thioether (sulfide) groups is 1. The molecule has 0 saturated carbocycles. The first-order valence-corrected chi connectivity index (χ1v) is 11.7. The third-order valence-corrected chi connectivity index (χ3v) is 7.92. The highest BCUT2D eigenvalue weighted by Crippen LogP contribution is 2.26. The van der Waals surface area contributed by atoms with E-state index in [1.807, 2.05) is 0 Å². The molecule has 0 bridgehead atoms. The molecule has 0 spiro atoms. The predicted octanol–water partition coefficient (Wildman–Crippen LogP) is 3.35. The van der Waals surface area contributed by atoms with Gasteiger partial charge in [-0.15, -0.1) is 10.2 Å². The number of rotatable bonds is 8. The van der Waals surface area contributed by atoms with Crippen LogP contribution in [0, 0.1) is 0 Å². The number of anilines is 1. The summed E-state index contributed by atoms with van der Waals surface area (Å²) in [6.07, 6.45) is 2.41. The molecule has 1 unspecified atom stereocenters. The molecule has 1 saturated heterocycles. The molecule has 25 heavy (non-hydrogen) atoms. The summed E-state index contributed by atoms with van der Waals surface area (Å²) < 4.78 is 30.8. The largest absolute Gasteiger partial charge is 0.376 e. The monoisotopic (exact) mass is 419 g/mol. The Hall–Kier alpha value is -0.870. The molecule has 0 aliphatic carbocycles. The van der Waals surface area contributed by atoms with E-state index in [2.05, 4.69) is 15.5 Å². The molecule has 2 heterocycles. The fraction of sp³-hybridized carbons (Fsp3) is 0.467. The lowest BCUT2D eigenvalue weighted by molar-refractivity contribution is 0.120. The molecule has 6 nitrogen and oxygen atoms in total. The van der Waals surface area contributed by atoms with Crippen LogP contribution in [0.4, 0.5) is 5.13 Å². The molecule has 1 aliphatic rings. The van der Waals surface area contributed by atoms with Crippen LogP contribution in [0.5, 0.6) is 0 Å². The second-order valence-electron chi connectivity index (χ2n) is 5.51. The Morgan fingerprint density at radius 2 is 2.12 bits per heavy atom. The number of nitrogens with one attached hydrogen (secondary N) is 1. The Morgan fingerprint density at radius 1 is 1.32 bits per heavy atom. The highest BCUT2D eigenvalue weighted by molar-refractivity contribution is 8.02. The van der Waals surface area contributed by atoms with Crippen molar-refractivity contribution in [3.05, 3.63) is 29.3 Å². The topological polar surface area (TPSA) is 81.2 Å². The average Bonchev–Trinajstić information content (AvgIpc) is 3.25. The maximum atomic E-state index is 12.3. The van der Waals surface area contributed by atoms with Crippen LogP contribution in [-0.2, 0) is 14.6 Å². The maximum absolute atomic E-state index is 12.3. The van der Waals surface area contributed by atoms with Crippen LogP contribution in [0.3, 0.4) is 0 Å². The summed E-state index contributed by atoms with van der Waals surface area (Å²) in [6.45, 7) is 1.55. The van der Waals surface area contributed by atoms with Gasteiger partial charge in [-0.25, -0.2) is 8.42 Å². The first-order chi connectivity index (χ1) is 12.0. The van der Waals surface area contributed by atoms with Gasteiger partial charge in [0.05, 0.1) is 16.8 Å². The number of halogens is 1. The molecular formula is C15H18ClN3O3S3. The van der Waals surface area contributed by atoms with Crippen molar-refractivity contribution in [1.29, 1.82) is 0 Å². The van der Waals surface area contributed by atoms with Crippen LogP contribution in [0.1, 0.15) is 12.8 Å². The minimum absolute atomic E-state index is 0.0392. The molecule has 136 valence electrons. The molecule has 2 aromatic rings. The summed E-state index contributed by atoms with van der Waals surface area (Å²) in [5, 5.41) is 12.6. The van der Waals surface area contributed by atoms with Gasteiger partial charge >= 0.3 is 0 Å². The first kappa shape index (κ1) is 18.9. The van der Waals surface area contributed by atoms with E-state index in [0.717, 1.165) is 35.5 Å². The second kappa shape index (κ2) is 8.68. The summed E-state index contributed by atoms with van der Waals surface area (Å²) in [5.41, 5.74) is 0. The molecule has 1 aromatic heterocycles.